The van der Waals surface area contributed by atoms with Gasteiger partial charge in [0.15, 0.2) is 0 Å². The predicted octanol–water partition coefficient (Wildman–Crippen LogP) is 6.05. The summed E-state index contributed by atoms with van der Waals surface area (Å²) in [6.07, 6.45) is -8.08. The van der Waals surface area contributed by atoms with Gasteiger partial charge >= 0.3 is 12.4 Å². The van der Waals surface area contributed by atoms with Gasteiger partial charge in [-0.25, -0.2) is 0 Å². The van der Waals surface area contributed by atoms with Gasteiger partial charge in [-0.1, -0.05) is 12.1 Å². The molecular formula is C21H14F6N2O2. The first-order chi connectivity index (χ1) is 14.5. The molecule has 1 aromatic heterocycles. The first kappa shape index (κ1) is 22.1. The fourth-order valence-electron chi connectivity index (χ4n) is 2.85. The highest BCUT2D eigenvalue weighted by Crippen LogP contribution is 2.38. The number of pyridine rings is 1. The minimum absolute atomic E-state index is 0.0395. The number of halogens is 6. The van der Waals surface area contributed by atoms with Crippen molar-refractivity contribution < 1.29 is 35.9 Å². The Labute approximate surface area is 172 Å². The van der Waals surface area contributed by atoms with Gasteiger partial charge in [-0.15, -0.1) is 0 Å². The van der Waals surface area contributed by atoms with Crippen molar-refractivity contribution in [3.63, 3.8) is 0 Å². The molecule has 1 amide bonds. The van der Waals surface area contributed by atoms with Gasteiger partial charge in [-0.3, -0.25) is 9.78 Å². The van der Waals surface area contributed by atoms with Crippen molar-refractivity contribution >= 4 is 11.6 Å². The maximum Gasteiger partial charge on any atom is 0.420 e. The largest absolute Gasteiger partial charge is 0.496 e. The molecule has 31 heavy (non-hydrogen) atoms. The van der Waals surface area contributed by atoms with Gasteiger partial charge in [0.05, 0.1) is 23.9 Å². The Hall–Kier alpha value is -3.56. The van der Waals surface area contributed by atoms with E-state index in [0.29, 0.717) is 0 Å². The number of hydrogen-bond acceptors (Lipinski definition) is 3. The van der Waals surface area contributed by atoms with Gasteiger partial charge in [0.1, 0.15) is 5.75 Å². The monoisotopic (exact) mass is 440 g/mol. The topological polar surface area (TPSA) is 51.2 Å². The Morgan fingerprint density at radius 1 is 0.903 bits per heavy atom. The molecule has 0 aliphatic carbocycles. The SMILES string of the molecule is COc1ccc(NC(=O)c2ccc(-c3ncccc3C(F)(F)F)cc2)cc1C(F)(F)F. The van der Waals surface area contributed by atoms with Crippen molar-refractivity contribution in [1.29, 1.82) is 0 Å². The molecule has 162 valence electrons. The molecule has 0 unspecified atom stereocenters. The number of hydrogen-bond donors (Lipinski definition) is 1. The molecule has 0 saturated heterocycles. The number of nitrogens with zero attached hydrogens (tertiary/aromatic N) is 1. The van der Waals surface area contributed by atoms with Crippen molar-refractivity contribution in [2.75, 3.05) is 12.4 Å². The van der Waals surface area contributed by atoms with Crippen LogP contribution in [0.2, 0.25) is 0 Å². The highest BCUT2D eigenvalue weighted by atomic mass is 19.4. The molecule has 1 N–H and O–H groups in total. The smallest absolute Gasteiger partial charge is 0.420 e. The molecule has 3 rings (SSSR count). The summed E-state index contributed by atoms with van der Waals surface area (Å²) >= 11 is 0. The summed E-state index contributed by atoms with van der Waals surface area (Å²) < 4.78 is 83.5. The minimum atomic E-state index is -4.69. The van der Waals surface area contributed by atoms with Crippen molar-refractivity contribution in [2.45, 2.75) is 12.4 Å². The van der Waals surface area contributed by atoms with E-state index in [-0.39, 0.29) is 22.5 Å². The Balaban J connectivity index is 1.84. The van der Waals surface area contributed by atoms with Crippen molar-refractivity contribution in [3.8, 4) is 17.0 Å². The van der Waals surface area contributed by atoms with Gasteiger partial charge in [0, 0.05) is 23.0 Å². The zero-order valence-corrected chi connectivity index (χ0v) is 15.8. The lowest BCUT2D eigenvalue weighted by Crippen LogP contribution is -2.14. The first-order valence-corrected chi connectivity index (χ1v) is 8.70. The Morgan fingerprint density at radius 2 is 1.55 bits per heavy atom. The second-order valence-corrected chi connectivity index (χ2v) is 6.34. The summed E-state index contributed by atoms with van der Waals surface area (Å²) in [6.45, 7) is 0. The molecule has 0 fully saturated rings. The van der Waals surface area contributed by atoms with E-state index in [0.717, 1.165) is 31.4 Å². The van der Waals surface area contributed by atoms with E-state index < -0.39 is 35.1 Å². The standard InChI is InChI=1S/C21H14F6N2O2/c1-31-17-9-8-14(11-16(17)21(25,26)27)29-19(30)13-6-4-12(5-7-13)18-15(20(22,23)24)3-2-10-28-18/h2-11H,1H3,(H,29,30). The molecule has 2 aromatic carbocycles. The highest BCUT2D eigenvalue weighted by molar-refractivity contribution is 6.04. The minimum Gasteiger partial charge on any atom is -0.496 e. The fraction of sp³-hybridized carbons (Fsp3) is 0.143. The first-order valence-electron chi connectivity index (χ1n) is 8.70. The number of rotatable bonds is 4. The van der Waals surface area contributed by atoms with E-state index in [9.17, 15) is 31.1 Å². The second kappa shape index (κ2) is 8.29. The fourth-order valence-corrected chi connectivity index (χ4v) is 2.85. The van der Waals surface area contributed by atoms with Crippen LogP contribution in [-0.2, 0) is 12.4 Å². The van der Waals surface area contributed by atoms with E-state index >= 15 is 0 Å². The van der Waals surface area contributed by atoms with Crippen LogP contribution < -0.4 is 10.1 Å². The van der Waals surface area contributed by atoms with Gasteiger partial charge in [-0.05, 0) is 42.5 Å². The average molecular weight is 440 g/mol. The second-order valence-electron chi connectivity index (χ2n) is 6.34. The Kier molecular flexibility index (Phi) is 5.92. The number of methoxy groups -OCH3 is 1. The van der Waals surface area contributed by atoms with Gasteiger partial charge in [-0.2, -0.15) is 26.3 Å². The van der Waals surface area contributed by atoms with Crippen LogP contribution >= 0.6 is 0 Å². The summed E-state index contributed by atoms with van der Waals surface area (Å²) in [7, 11) is 1.09. The van der Waals surface area contributed by atoms with E-state index in [1.165, 1.54) is 36.5 Å². The molecular weight excluding hydrogens is 426 g/mol. The van der Waals surface area contributed by atoms with Crippen molar-refractivity contribution in [1.82, 2.24) is 4.98 Å². The van der Waals surface area contributed by atoms with E-state index in [2.05, 4.69) is 15.0 Å². The lowest BCUT2D eigenvalue weighted by Gasteiger charge is -2.14. The van der Waals surface area contributed by atoms with Crippen LogP contribution in [0.25, 0.3) is 11.3 Å². The number of carbonyl (C=O) groups excluding carboxylic acids is 1. The van der Waals surface area contributed by atoms with Crippen molar-refractivity contribution in [2.24, 2.45) is 0 Å². The molecule has 3 aromatic rings. The summed E-state index contributed by atoms with van der Waals surface area (Å²) in [4.78, 5) is 16.2. The zero-order chi connectivity index (χ0) is 22.8. The number of ether oxygens (including phenoxy) is 1. The summed E-state index contributed by atoms with van der Waals surface area (Å²) in [6, 6.07) is 10.2. The van der Waals surface area contributed by atoms with E-state index in [1.54, 1.807) is 0 Å². The van der Waals surface area contributed by atoms with Crippen molar-refractivity contribution in [3.05, 3.63) is 77.5 Å². The van der Waals surface area contributed by atoms with Crippen LogP contribution in [-0.4, -0.2) is 18.0 Å². The van der Waals surface area contributed by atoms with Gasteiger partial charge in [0.25, 0.3) is 5.91 Å². The molecule has 0 aliphatic heterocycles. The zero-order valence-electron chi connectivity index (χ0n) is 15.8. The van der Waals surface area contributed by atoms with E-state index in [4.69, 9.17) is 0 Å². The summed E-state index contributed by atoms with van der Waals surface area (Å²) in [5.41, 5.74) is -2.23. The number of aromatic nitrogens is 1. The molecule has 1 heterocycles. The molecule has 0 spiro atoms. The number of benzene rings is 2. The summed E-state index contributed by atoms with van der Waals surface area (Å²) in [5, 5.41) is 2.33. The van der Waals surface area contributed by atoms with Crippen LogP contribution in [0.5, 0.6) is 5.75 Å². The number of anilines is 1. The van der Waals surface area contributed by atoms with Crippen LogP contribution in [0.3, 0.4) is 0 Å². The maximum atomic E-state index is 13.2. The van der Waals surface area contributed by atoms with Gasteiger partial charge in [0.2, 0.25) is 0 Å². The average Bonchev–Trinajstić information content (AvgIpc) is 2.72. The third kappa shape index (κ3) is 4.96. The lowest BCUT2D eigenvalue weighted by atomic mass is 10.0. The van der Waals surface area contributed by atoms with Crippen LogP contribution in [0, 0.1) is 0 Å². The third-order valence-electron chi connectivity index (χ3n) is 4.30. The van der Waals surface area contributed by atoms with Crippen LogP contribution in [0.4, 0.5) is 32.0 Å². The third-order valence-corrected chi connectivity index (χ3v) is 4.30. The molecule has 0 aliphatic rings. The number of alkyl halides is 6. The Morgan fingerprint density at radius 3 is 2.13 bits per heavy atom. The van der Waals surface area contributed by atoms with E-state index in [1.807, 2.05) is 0 Å². The molecule has 4 nitrogen and oxygen atoms in total. The van der Waals surface area contributed by atoms with Crippen LogP contribution in [0.15, 0.2) is 60.8 Å². The summed E-state index contributed by atoms with van der Waals surface area (Å²) in [5.74, 6) is -1.13. The Bertz CT molecular complexity index is 1090. The predicted molar refractivity (Wildman–Crippen MR) is 101 cm³/mol. The molecule has 0 atom stereocenters. The maximum absolute atomic E-state index is 13.2. The lowest BCUT2D eigenvalue weighted by molar-refractivity contribution is -0.139. The van der Waals surface area contributed by atoms with Crippen LogP contribution in [0.1, 0.15) is 21.5 Å². The molecule has 10 heteroatoms. The number of carbonyl (C=O) groups is 1. The highest BCUT2D eigenvalue weighted by Gasteiger charge is 2.35. The number of nitrogens with one attached hydrogen (secondary N) is 1. The molecule has 0 bridgehead atoms. The normalized spacial score (nSPS) is 11.8. The molecule has 0 radical (unpaired) electrons. The molecule has 0 saturated carbocycles. The quantitative estimate of drug-likeness (QED) is 0.503. The number of amides is 1. The van der Waals surface area contributed by atoms with Gasteiger partial charge < -0.3 is 10.1 Å².